The molecule has 0 aliphatic heterocycles. The van der Waals surface area contributed by atoms with Crippen LogP contribution in [0.3, 0.4) is 0 Å². The largest absolute Gasteiger partial charge is 0.392 e. The quantitative estimate of drug-likeness (QED) is 0.531. The van der Waals surface area contributed by atoms with Crippen molar-refractivity contribution >= 4 is 11.8 Å². The van der Waals surface area contributed by atoms with E-state index in [9.17, 15) is 0 Å². The van der Waals surface area contributed by atoms with Crippen molar-refractivity contribution in [1.29, 1.82) is 0 Å². The Morgan fingerprint density at radius 1 is 1.64 bits per heavy atom. The van der Waals surface area contributed by atoms with Crippen LogP contribution in [-0.2, 0) is 6.61 Å². The molecule has 4 heteroatoms. The molecule has 3 nitrogen and oxygen atoms in total. The minimum atomic E-state index is 0.0104. The highest BCUT2D eigenvalue weighted by atomic mass is 32.2. The molecule has 0 spiro atoms. The molecule has 0 unspecified atom stereocenters. The van der Waals surface area contributed by atoms with Gasteiger partial charge in [0.1, 0.15) is 10.9 Å². The van der Waals surface area contributed by atoms with Gasteiger partial charge in [-0.2, -0.15) is 0 Å². The van der Waals surface area contributed by atoms with Gasteiger partial charge in [0.05, 0.1) is 6.61 Å². The average Bonchev–Trinajstić information content (AvgIpc) is 2.04. The Hall–Kier alpha value is -0.610. The third-order valence-electron chi connectivity index (χ3n) is 1.31. The zero-order valence-corrected chi connectivity index (χ0v) is 7.35. The number of rotatable bonds is 2. The predicted molar refractivity (Wildman–Crippen MR) is 44.5 cm³/mol. The molecule has 0 aliphatic rings. The van der Waals surface area contributed by atoms with Crippen LogP contribution in [0.15, 0.2) is 11.2 Å². The summed E-state index contributed by atoms with van der Waals surface area (Å²) in [6.45, 7) is 1.84. The maximum absolute atomic E-state index is 8.85. The molecule has 1 aromatic heterocycles. The lowest BCUT2D eigenvalue weighted by Crippen LogP contribution is -1.95. The summed E-state index contributed by atoms with van der Waals surface area (Å²) in [5.74, 6) is 0.742. The Kier molecular flexibility index (Phi) is 2.84. The molecule has 0 amide bonds. The van der Waals surface area contributed by atoms with E-state index in [1.807, 2.05) is 13.2 Å². The monoisotopic (exact) mass is 170 g/mol. The first kappa shape index (κ1) is 8.49. The van der Waals surface area contributed by atoms with Crippen LogP contribution in [0.25, 0.3) is 0 Å². The molecule has 0 aromatic carbocycles. The summed E-state index contributed by atoms with van der Waals surface area (Å²) in [6.07, 6.45) is 3.59. The van der Waals surface area contributed by atoms with E-state index in [4.69, 9.17) is 5.11 Å². The van der Waals surface area contributed by atoms with Crippen molar-refractivity contribution < 1.29 is 5.11 Å². The van der Waals surface area contributed by atoms with Gasteiger partial charge in [0.2, 0.25) is 0 Å². The average molecular weight is 170 g/mol. The van der Waals surface area contributed by atoms with Crippen molar-refractivity contribution in [3.63, 3.8) is 0 Å². The second-order valence-corrected chi connectivity index (χ2v) is 2.90. The fraction of sp³-hybridized carbons (Fsp3) is 0.429. The number of aromatic nitrogens is 2. The van der Waals surface area contributed by atoms with Crippen LogP contribution >= 0.6 is 11.8 Å². The van der Waals surface area contributed by atoms with Crippen LogP contribution in [0.2, 0.25) is 0 Å². The SMILES string of the molecule is CSc1nc(C)ncc1CO. The van der Waals surface area contributed by atoms with E-state index in [2.05, 4.69) is 9.97 Å². The summed E-state index contributed by atoms with van der Waals surface area (Å²) in [6, 6.07) is 0. The normalized spacial score (nSPS) is 10.1. The zero-order valence-electron chi connectivity index (χ0n) is 6.53. The number of aryl methyl sites for hydroxylation is 1. The van der Waals surface area contributed by atoms with Crippen LogP contribution in [0.1, 0.15) is 11.4 Å². The Bertz CT molecular complexity index is 252. The minimum Gasteiger partial charge on any atom is -0.392 e. The van der Waals surface area contributed by atoms with E-state index in [0.29, 0.717) is 0 Å². The van der Waals surface area contributed by atoms with Crippen LogP contribution in [0.5, 0.6) is 0 Å². The molecule has 0 fully saturated rings. The molecule has 1 heterocycles. The third kappa shape index (κ3) is 1.91. The molecular formula is C7H10N2OS. The van der Waals surface area contributed by atoms with Gasteiger partial charge in [-0.15, -0.1) is 11.8 Å². The molecule has 1 rings (SSSR count). The van der Waals surface area contributed by atoms with E-state index in [0.717, 1.165) is 16.4 Å². The fourth-order valence-corrected chi connectivity index (χ4v) is 1.36. The van der Waals surface area contributed by atoms with Gasteiger partial charge in [-0.25, -0.2) is 9.97 Å². The Morgan fingerprint density at radius 2 is 2.36 bits per heavy atom. The van der Waals surface area contributed by atoms with Crippen molar-refractivity contribution in [2.75, 3.05) is 6.26 Å². The van der Waals surface area contributed by atoms with Crippen molar-refractivity contribution in [3.05, 3.63) is 17.6 Å². The highest BCUT2D eigenvalue weighted by Gasteiger charge is 2.01. The molecule has 0 saturated carbocycles. The number of aliphatic hydroxyl groups excluding tert-OH is 1. The van der Waals surface area contributed by atoms with Gasteiger partial charge in [0, 0.05) is 11.8 Å². The maximum atomic E-state index is 8.85. The fourth-order valence-electron chi connectivity index (χ4n) is 0.759. The first-order valence-corrected chi connectivity index (χ1v) is 4.47. The lowest BCUT2D eigenvalue weighted by atomic mass is 10.4. The van der Waals surface area contributed by atoms with Crippen LogP contribution in [-0.4, -0.2) is 21.3 Å². The van der Waals surface area contributed by atoms with Crippen LogP contribution < -0.4 is 0 Å². The summed E-state index contributed by atoms with van der Waals surface area (Å²) >= 11 is 1.52. The number of aliphatic hydroxyl groups is 1. The molecular weight excluding hydrogens is 160 g/mol. The smallest absolute Gasteiger partial charge is 0.126 e. The van der Waals surface area contributed by atoms with Gasteiger partial charge in [0.25, 0.3) is 0 Å². The highest BCUT2D eigenvalue weighted by molar-refractivity contribution is 7.98. The van der Waals surface area contributed by atoms with Gasteiger partial charge >= 0.3 is 0 Å². The standard InChI is InChI=1S/C7H10N2OS/c1-5-8-3-6(4-10)7(9-5)11-2/h3,10H,4H2,1-2H3. The number of thioether (sulfide) groups is 1. The molecule has 1 aromatic rings. The van der Waals surface area contributed by atoms with E-state index >= 15 is 0 Å². The summed E-state index contributed by atoms with van der Waals surface area (Å²) in [5.41, 5.74) is 0.795. The predicted octanol–water partition coefficient (Wildman–Crippen LogP) is 0.999. The Morgan fingerprint density at radius 3 is 2.91 bits per heavy atom. The molecule has 0 bridgehead atoms. The number of hydrogen-bond donors (Lipinski definition) is 1. The lowest BCUT2D eigenvalue weighted by Gasteiger charge is -2.02. The van der Waals surface area contributed by atoms with E-state index < -0.39 is 0 Å². The van der Waals surface area contributed by atoms with Gasteiger partial charge < -0.3 is 5.11 Å². The molecule has 0 aliphatic carbocycles. The Labute approximate surface area is 69.9 Å². The second kappa shape index (κ2) is 3.69. The topological polar surface area (TPSA) is 46.0 Å². The van der Waals surface area contributed by atoms with Crippen LogP contribution in [0.4, 0.5) is 0 Å². The molecule has 0 saturated heterocycles. The Balaban J connectivity index is 3.06. The minimum absolute atomic E-state index is 0.0104. The molecule has 0 radical (unpaired) electrons. The summed E-state index contributed by atoms with van der Waals surface area (Å²) in [7, 11) is 0. The second-order valence-electron chi connectivity index (χ2n) is 2.11. The van der Waals surface area contributed by atoms with Crippen molar-refractivity contribution in [2.24, 2.45) is 0 Å². The van der Waals surface area contributed by atoms with Gasteiger partial charge in [-0.1, -0.05) is 0 Å². The van der Waals surface area contributed by atoms with E-state index in [1.165, 1.54) is 11.8 Å². The molecule has 11 heavy (non-hydrogen) atoms. The van der Waals surface area contributed by atoms with E-state index in [-0.39, 0.29) is 6.61 Å². The van der Waals surface area contributed by atoms with Crippen LogP contribution in [0, 0.1) is 6.92 Å². The maximum Gasteiger partial charge on any atom is 0.126 e. The van der Waals surface area contributed by atoms with Gasteiger partial charge in [0.15, 0.2) is 0 Å². The first-order valence-electron chi connectivity index (χ1n) is 3.25. The first-order chi connectivity index (χ1) is 5.27. The molecule has 1 N–H and O–H groups in total. The highest BCUT2D eigenvalue weighted by Crippen LogP contribution is 2.16. The van der Waals surface area contributed by atoms with Gasteiger partial charge in [-0.05, 0) is 13.2 Å². The number of hydrogen-bond acceptors (Lipinski definition) is 4. The summed E-state index contributed by atoms with van der Waals surface area (Å²) < 4.78 is 0. The summed E-state index contributed by atoms with van der Waals surface area (Å²) in [5, 5.41) is 9.71. The van der Waals surface area contributed by atoms with Crippen molar-refractivity contribution in [1.82, 2.24) is 9.97 Å². The molecule has 0 atom stereocenters. The van der Waals surface area contributed by atoms with Gasteiger partial charge in [-0.3, -0.25) is 0 Å². The lowest BCUT2D eigenvalue weighted by molar-refractivity contribution is 0.277. The zero-order chi connectivity index (χ0) is 8.27. The third-order valence-corrected chi connectivity index (χ3v) is 2.05. The number of nitrogens with zero attached hydrogens (tertiary/aromatic N) is 2. The van der Waals surface area contributed by atoms with E-state index in [1.54, 1.807) is 6.20 Å². The summed E-state index contributed by atoms with van der Waals surface area (Å²) in [4.78, 5) is 8.13. The van der Waals surface area contributed by atoms with Crippen molar-refractivity contribution in [2.45, 2.75) is 18.6 Å². The molecule has 60 valence electrons. The van der Waals surface area contributed by atoms with Crippen molar-refractivity contribution in [3.8, 4) is 0 Å².